The second-order valence-electron chi connectivity index (χ2n) is 5.95. The summed E-state index contributed by atoms with van der Waals surface area (Å²) in [7, 11) is 1.36. The van der Waals surface area contributed by atoms with E-state index in [0.29, 0.717) is 5.89 Å². The Labute approximate surface area is 161 Å². The van der Waals surface area contributed by atoms with Gasteiger partial charge in [0.2, 0.25) is 0 Å². The fourth-order valence-electron chi connectivity index (χ4n) is 2.43. The van der Waals surface area contributed by atoms with Crippen molar-refractivity contribution in [1.29, 1.82) is 0 Å². The maximum absolute atomic E-state index is 12.1. The molecule has 1 heterocycles. The van der Waals surface area contributed by atoms with Gasteiger partial charge in [-0.15, -0.1) is 10.2 Å². The third kappa shape index (κ3) is 4.89. The number of hydrogen-bond acceptors (Lipinski definition) is 7. The molecule has 27 heavy (non-hydrogen) atoms. The number of ether oxygens (including phenoxy) is 2. The van der Waals surface area contributed by atoms with E-state index in [9.17, 15) is 4.79 Å². The third-order valence-corrected chi connectivity index (χ3v) is 4.95. The Morgan fingerprint density at radius 3 is 2.67 bits per heavy atom. The molecule has 2 aromatic carbocycles. The zero-order valence-corrected chi connectivity index (χ0v) is 16.2. The van der Waals surface area contributed by atoms with Crippen molar-refractivity contribution in [3.8, 4) is 5.75 Å². The Morgan fingerprint density at radius 1 is 1.15 bits per heavy atom. The molecule has 0 amide bonds. The van der Waals surface area contributed by atoms with E-state index in [1.807, 2.05) is 62.4 Å². The van der Waals surface area contributed by atoms with E-state index in [4.69, 9.17) is 13.9 Å². The lowest BCUT2D eigenvalue weighted by Gasteiger charge is -2.12. The summed E-state index contributed by atoms with van der Waals surface area (Å²) < 4.78 is 16.3. The molecule has 0 aliphatic carbocycles. The molecule has 1 unspecified atom stereocenters. The van der Waals surface area contributed by atoms with E-state index < -0.39 is 5.25 Å². The van der Waals surface area contributed by atoms with Crippen molar-refractivity contribution in [2.45, 2.75) is 30.9 Å². The van der Waals surface area contributed by atoms with E-state index in [1.54, 1.807) is 0 Å². The number of hydrogen-bond donors (Lipinski definition) is 0. The monoisotopic (exact) mass is 384 g/mol. The van der Waals surface area contributed by atoms with Gasteiger partial charge in [0.05, 0.1) is 7.11 Å². The van der Waals surface area contributed by atoms with Crippen LogP contribution < -0.4 is 4.74 Å². The van der Waals surface area contributed by atoms with Crippen LogP contribution in [0.1, 0.15) is 27.8 Å². The van der Waals surface area contributed by atoms with Crippen LogP contribution in [0.15, 0.2) is 58.2 Å². The van der Waals surface area contributed by atoms with Crippen LogP contribution in [0.5, 0.6) is 5.75 Å². The first-order chi connectivity index (χ1) is 13.1. The number of methoxy groups -OCH3 is 1. The molecule has 0 bridgehead atoms. The van der Waals surface area contributed by atoms with Gasteiger partial charge < -0.3 is 13.9 Å². The van der Waals surface area contributed by atoms with Gasteiger partial charge in [-0.2, -0.15) is 0 Å². The van der Waals surface area contributed by atoms with E-state index in [2.05, 4.69) is 10.2 Å². The normalized spacial score (nSPS) is 11.8. The Hall–Kier alpha value is -2.80. The molecule has 0 aliphatic heterocycles. The predicted octanol–water partition coefficient (Wildman–Crippen LogP) is 4.27. The molecule has 7 heteroatoms. The average molecular weight is 384 g/mol. The highest BCUT2D eigenvalue weighted by atomic mass is 32.2. The fraction of sp³-hybridized carbons (Fsp3) is 0.250. The van der Waals surface area contributed by atoms with E-state index >= 15 is 0 Å². The quantitative estimate of drug-likeness (QED) is 0.445. The smallest absolute Gasteiger partial charge is 0.323 e. The SMILES string of the molecule is COC(=O)C(Sc1nnc(COc2cc(C)ccc2C)o1)c1ccccc1. The van der Waals surface area contributed by atoms with Crippen LogP contribution in [0.25, 0.3) is 0 Å². The molecule has 0 saturated heterocycles. The molecule has 0 fully saturated rings. The summed E-state index contributed by atoms with van der Waals surface area (Å²) in [5.41, 5.74) is 2.95. The minimum absolute atomic E-state index is 0.159. The van der Waals surface area contributed by atoms with Crippen LogP contribution in [0.2, 0.25) is 0 Å². The fourth-order valence-corrected chi connectivity index (χ4v) is 3.35. The van der Waals surface area contributed by atoms with Crippen LogP contribution in [-0.4, -0.2) is 23.3 Å². The highest BCUT2D eigenvalue weighted by Crippen LogP contribution is 2.35. The van der Waals surface area contributed by atoms with E-state index in [0.717, 1.165) is 34.2 Å². The van der Waals surface area contributed by atoms with Gasteiger partial charge >= 0.3 is 5.97 Å². The molecule has 3 aromatic rings. The summed E-state index contributed by atoms with van der Waals surface area (Å²) in [6.07, 6.45) is 0. The zero-order chi connectivity index (χ0) is 19.2. The number of carbonyl (C=O) groups is 1. The summed E-state index contributed by atoms with van der Waals surface area (Å²) >= 11 is 1.15. The Morgan fingerprint density at radius 2 is 1.93 bits per heavy atom. The summed E-state index contributed by atoms with van der Waals surface area (Å²) in [6.45, 7) is 4.14. The van der Waals surface area contributed by atoms with Crippen molar-refractivity contribution in [3.63, 3.8) is 0 Å². The maximum Gasteiger partial charge on any atom is 0.323 e. The number of aromatic nitrogens is 2. The third-order valence-electron chi connectivity index (χ3n) is 3.88. The number of rotatable bonds is 7. The van der Waals surface area contributed by atoms with Crippen LogP contribution in [0.4, 0.5) is 0 Å². The summed E-state index contributed by atoms with van der Waals surface area (Å²) in [5, 5.41) is 7.72. The Bertz CT molecular complexity index is 911. The molecule has 1 atom stereocenters. The maximum atomic E-state index is 12.1. The first-order valence-corrected chi connectivity index (χ1v) is 9.26. The van der Waals surface area contributed by atoms with Crippen molar-refractivity contribution in [2.75, 3.05) is 7.11 Å². The molecule has 0 aliphatic rings. The molecule has 0 radical (unpaired) electrons. The van der Waals surface area contributed by atoms with Crippen LogP contribution in [0, 0.1) is 13.8 Å². The van der Waals surface area contributed by atoms with Crippen molar-refractivity contribution in [2.24, 2.45) is 0 Å². The molecule has 0 spiro atoms. The Balaban J connectivity index is 1.69. The number of esters is 1. The van der Waals surface area contributed by atoms with Gasteiger partial charge in [-0.1, -0.05) is 42.5 Å². The van der Waals surface area contributed by atoms with Gasteiger partial charge in [-0.3, -0.25) is 4.79 Å². The topological polar surface area (TPSA) is 74.5 Å². The lowest BCUT2D eigenvalue weighted by molar-refractivity contribution is -0.140. The number of nitrogens with zero attached hydrogens (tertiary/aromatic N) is 2. The van der Waals surface area contributed by atoms with E-state index in [-0.39, 0.29) is 17.8 Å². The van der Waals surface area contributed by atoms with Crippen LogP contribution in [0.3, 0.4) is 0 Å². The van der Waals surface area contributed by atoms with Gasteiger partial charge in [0, 0.05) is 0 Å². The lowest BCUT2D eigenvalue weighted by Crippen LogP contribution is -2.11. The average Bonchev–Trinajstić information content (AvgIpc) is 3.14. The zero-order valence-electron chi connectivity index (χ0n) is 15.3. The largest absolute Gasteiger partial charge is 0.484 e. The van der Waals surface area contributed by atoms with Crippen molar-refractivity contribution in [1.82, 2.24) is 10.2 Å². The first-order valence-electron chi connectivity index (χ1n) is 8.38. The summed E-state index contributed by atoms with van der Waals surface area (Å²) in [5.74, 6) is 0.742. The highest BCUT2D eigenvalue weighted by molar-refractivity contribution is 8.00. The molecule has 3 rings (SSSR count). The molecule has 0 saturated carbocycles. The van der Waals surface area contributed by atoms with Crippen molar-refractivity contribution in [3.05, 3.63) is 71.1 Å². The van der Waals surface area contributed by atoms with Gasteiger partial charge in [-0.05, 0) is 48.4 Å². The highest BCUT2D eigenvalue weighted by Gasteiger charge is 2.25. The molecule has 140 valence electrons. The van der Waals surface area contributed by atoms with Crippen molar-refractivity contribution >= 4 is 17.7 Å². The Kier molecular flexibility index (Phi) is 6.13. The number of aryl methyl sites for hydroxylation is 2. The number of thioether (sulfide) groups is 1. The summed E-state index contributed by atoms with van der Waals surface area (Å²) in [4.78, 5) is 12.1. The number of carbonyl (C=O) groups excluding carboxylic acids is 1. The lowest BCUT2D eigenvalue weighted by atomic mass is 10.1. The molecular formula is C20H20N2O4S. The van der Waals surface area contributed by atoms with Crippen LogP contribution in [-0.2, 0) is 16.1 Å². The first kappa shape index (κ1) is 19.0. The van der Waals surface area contributed by atoms with E-state index in [1.165, 1.54) is 7.11 Å². The minimum Gasteiger partial charge on any atom is -0.484 e. The summed E-state index contributed by atoms with van der Waals surface area (Å²) in [6, 6.07) is 15.3. The molecule has 1 aromatic heterocycles. The van der Waals surface area contributed by atoms with Crippen LogP contribution >= 0.6 is 11.8 Å². The number of benzene rings is 2. The van der Waals surface area contributed by atoms with Gasteiger partial charge in [0.1, 0.15) is 11.0 Å². The van der Waals surface area contributed by atoms with Crippen molar-refractivity contribution < 1.29 is 18.7 Å². The molecule has 0 N–H and O–H groups in total. The molecule has 6 nitrogen and oxygen atoms in total. The standard InChI is InChI=1S/C20H20N2O4S/c1-13-9-10-14(2)16(11-13)25-12-17-21-22-20(26-17)27-18(19(23)24-3)15-7-5-4-6-8-15/h4-11,18H,12H2,1-3H3. The second-order valence-corrected chi connectivity index (χ2v) is 7.01. The second kappa shape index (κ2) is 8.73. The predicted molar refractivity (Wildman–Crippen MR) is 102 cm³/mol. The van der Waals surface area contributed by atoms with Gasteiger partial charge in [0.15, 0.2) is 6.61 Å². The molecular weight excluding hydrogens is 364 g/mol. The van der Waals surface area contributed by atoms with Gasteiger partial charge in [-0.25, -0.2) is 0 Å². The van der Waals surface area contributed by atoms with Gasteiger partial charge in [0.25, 0.3) is 11.1 Å². The minimum atomic E-state index is -0.579.